The lowest BCUT2D eigenvalue weighted by molar-refractivity contribution is 0.0911. The molecule has 0 amide bonds. The summed E-state index contributed by atoms with van der Waals surface area (Å²) in [4.78, 5) is 17.6. The third kappa shape index (κ3) is 2.38. The summed E-state index contributed by atoms with van der Waals surface area (Å²) in [6, 6.07) is 7.99. The van der Waals surface area contributed by atoms with Crippen LogP contribution in [-0.2, 0) is 6.42 Å². The van der Waals surface area contributed by atoms with Crippen LogP contribution in [0.25, 0.3) is 22.2 Å². The number of rotatable bonds is 1. The molecular formula is C19H17BrN2O2. The highest BCUT2D eigenvalue weighted by atomic mass is 79.9. The molecule has 24 heavy (non-hydrogen) atoms. The van der Waals surface area contributed by atoms with Crippen molar-refractivity contribution in [3.05, 3.63) is 45.7 Å². The lowest BCUT2D eigenvalue weighted by Crippen LogP contribution is -2.28. The Morgan fingerprint density at radius 1 is 1.12 bits per heavy atom. The van der Waals surface area contributed by atoms with Gasteiger partial charge in [0, 0.05) is 22.0 Å². The molecule has 1 aromatic carbocycles. The summed E-state index contributed by atoms with van der Waals surface area (Å²) in [5.74, 6) is 0.147. The maximum absolute atomic E-state index is 12.9. The summed E-state index contributed by atoms with van der Waals surface area (Å²) >= 11 is 3.47. The Hall–Kier alpha value is -2.01. The minimum Gasteiger partial charge on any atom is -0.336 e. The van der Waals surface area contributed by atoms with Crippen molar-refractivity contribution in [2.45, 2.75) is 33.6 Å². The number of hydrogen-bond donors (Lipinski definition) is 0. The number of Topliss-reactive ketones (excluding diaryl/α,β-unsaturated/α-hetero) is 1. The lowest BCUT2D eigenvalue weighted by Gasteiger charge is -2.30. The standard InChI is InChI=1S/C19H17BrN2O2/c1-10-15-16(11-4-6-12(20)7-5-11)17-13(21-18(15)24-22-10)8-19(2,3)9-14(17)23/h4-7H,8-9H2,1-3H3. The van der Waals surface area contributed by atoms with Crippen LogP contribution < -0.4 is 0 Å². The molecule has 3 aromatic rings. The van der Waals surface area contributed by atoms with Gasteiger partial charge in [-0.2, -0.15) is 0 Å². The molecular weight excluding hydrogens is 368 g/mol. The molecule has 5 heteroatoms. The molecule has 0 N–H and O–H groups in total. The van der Waals surface area contributed by atoms with E-state index in [0.29, 0.717) is 12.1 Å². The number of aryl methyl sites for hydroxylation is 1. The van der Waals surface area contributed by atoms with Crippen molar-refractivity contribution in [2.24, 2.45) is 5.41 Å². The number of hydrogen-bond acceptors (Lipinski definition) is 4. The van der Waals surface area contributed by atoms with E-state index in [9.17, 15) is 4.79 Å². The summed E-state index contributed by atoms with van der Waals surface area (Å²) in [6.45, 7) is 6.09. The van der Waals surface area contributed by atoms with Crippen LogP contribution in [-0.4, -0.2) is 15.9 Å². The Labute approximate surface area is 148 Å². The number of nitrogens with zero attached hydrogens (tertiary/aromatic N) is 2. The number of carbonyl (C=O) groups is 1. The first-order chi connectivity index (χ1) is 11.4. The third-order valence-electron chi connectivity index (χ3n) is 4.57. The zero-order chi connectivity index (χ0) is 17.1. The van der Waals surface area contributed by atoms with Crippen molar-refractivity contribution < 1.29 is 9.32 Å². The van der Waals surface area contributed by atoms with Crippen LogP contribution in [0.3, 0.4) is 0 Å². The molecule has 0 aliphatic heterocycles. The minimum atomic E-state index is -0.0865. The van der Waals surface area contributed by atoms with Gasteiger partial charge in [-0.15, -0.1) is 0 Å². The smallest absolute Gasteiger partial charge is 0.258 e. The maximum Gasteiger partial charge on any atom is 0.258 e. The largest absolute Gasteiger partial charge is 0.336 e. The summed E-state index contributed by atoms with van der Waals surface area (Å²) in [5.41, 5.74) is 4.62. The first-order valence-corrected chi connectivity index (χ1v) is 8.73. The van der Waals surface area contributed by atoms with Gasteiger partial charge in [0.15, 0.2) is 5.78 Å². The Morgan fingerprint density at radius 2 is 1.83 bits per heavy atom. The Balaban J connectivity index is 2.10. The fourth-order valence-electron chi connectivity index (χ4n) is 3.54. The van der Waals surface area contributed by atoms with E-state index in [1.807, 2.05) is 31.2 Å². The maximum atomic E-state index is 12.9. The molecule has 0 radical (unpaired) electrons. The molecule has 0 fully saturated rings. The summed E-state index contributed by atoms with van der Waals surface area (Å²) in [5, 5.41) is 4.91. The van der Waals surface area contributed by atoms with E-state index < -0.39 is 0 Å². The monoisotopic (exact) mass is 384 g/mol. The highest BCUT2D eigenvalue weighted by Gasteiger charge is 2.35. The molecule has 0 saturated heterocycles. The van der Waals surface area contributed by atoms with Crippen LogP contribution in [0.4, 0.5) is 0 Å². The Morgan fingerprint density at radius 3 is 2.54 bits per heavy atom. The number of halogens is 1. The zero-order valence-electron chi connectivity index (χ0n) is 13.8. The molecule has 0 spiro atoms. The molecule has 0 saturated carbocycles. The van der Waals surface area contributed by atoms with Gasteiger partial charge in [-0.25, -0.2) is 4.98 Å². The molecule has 4 rings (SSSR count). The predicted molar refractivity (Wildman–Crippen MR) is 96.1 cm³/mol. The van der Waals surface area contributed by atoms with Gasteiger partial charge in [0.2, 0.25) is 0 Å². The van der Waals surface area contributed by atoms with Crippen molar-refractivity contribution in [3.8, 4) is 11.1 Å². The highest BCUT2D eigenvalue weighted by molar-refractivity contribution is 9.10. The van der Waals surface area contributed by atoms with E-state index in [1.165, 1.54) is 0 Å². The summed E-state index contributed by atoms with van der Waals surface area (Å²) < 4.78 is 6.42. The van der Waals surface area contributed by atoms with E-state index in [-0.39, 0.29) is 11.2 Å². The van der Waals surface area contributed by atoms with Gasteiger partial charge < -0.3 is 4.52 Å². The quantitative estimate of drug-likeness (QED) is 0.584. The molecule has 122 valence electrons. The van der Waals surface area contributed by atoms with Crippen molar-refractivity contribution in [1.82, 2.24) is 10.1 Å². The third-order valence-corrected chi connectivity index (χ3v) is 5.10. The molecule has 4 nitrogen and oxygen atoms in total. The van der Waals surface area contributed by atoms with Crippen LogP contribution in [0.5, 0.6) is 0 Å². The molecule has 2 aromatic heterocycles. The fraction of sp³-hybridized carbons (Fsp3) is 0.316. The van der Waals surface area contributed by atoms with Crippen LogP contribution in [0.1, 0.15) is 42.0 Å². The van der Waals surface area contributed by atoms with Gasteiger partial charge in [-0.1, -0.05) is 47.1 Å². The van der Waals surface area contributed by atoms with Gasteiger partial charge in [0.1, 0.15) is 0 Å². The highest BCUT2D eigenvalue weighted by Crippen LogP contribution is 2.42. The average molecular weight is 385 g/mol. The summed E-state index contributed by atoms with van der Waals surface area (Å²) in [6.07, 6.45) is 1.29. The molecule has 1 aliphatic carbocycles. The zero-order valence-corrected chi connectivity index (χ0v) is 15.4. The van der Waals surface area contributed by atoms with E-state index in [1.54, 1.807) is 0 Å². The van der Waals surface area contributed by atoms with Crippen molar-refractivity contribution in [2.75, 3.05) is 0 Å². The summed E-state index contributed by atoms with van der Waals surface area (Å²) in [7, 11) is 0. The first-order valence-electron chi connectivity index (χ1n) is 7.94. The van der Waals surface area contributed by atoms with E-state index in [2.05, 4.69) is 39.9 Å². The second kappa shape index (κ2) is 5.24. The number of ketones is 1. The topological polar surface area (TPSA) is 56.0 Å². The number of fused-ring (bicyclic) bond motifs is 2. The van der Waals surface area contributed by atoms with Crippen LogP contribution in [0.2, 0.25) is 0 Å². The van der Waals surface area contributed by atoms with Crippen molar-refractivity contribution in [1.29, 1.82) is 0 Å². The van der Waals surface area contributed by atoms with Gasteiger partial charge in [0.25, 0.3) is 5.71 Å². The SMILES string of the molecule is Cc1noc2nc3c(c(-c4ccc(Br)cc4)c12)C(=O)CC(C)(C)C3. The second-order valence-corrected chi connectivity index (χ2v) is 8.12. The van der Waals surface area contributed by atoms with Crippen LogP contribution in [0, 0.1) is 12.3 Å². The molecule has 0 bridgehead atoms. The normalized spacial score (nSPS) is 16.4. The lowest BCUT2D eigenvalue weighted by atomic mass is 9.73. The van der Waals surface area contributed by atoms with Gasteiger partial charge in [-0.05, 0) is 36.5 Å². The molecule has 0 unspecified atom stereocenters. The average Bonchev–Trinajstić information content (AvgIpc) is 2.86. The van der Waals surface area contributed by atoms with E-state index in [4.69, 9.17) is 4.52 Å². The van der Waals surface area contributed by atoms with Gasteiger partial charge in [0.05, 0.1) is 16.8 Å². The van der Waals surface area contributed by atoms with Gasteiger partial charge >= 0.3 is 0 Å². The minimum absolute atomic E-state index is 0.0865. The Kier molecular flexibility index (Phi) is 3.39. The van der Waals surface area contributed by atoms with Gasteiger partial charge in [-0.3, -0.25) is 4.79 Å². The van der Waals surface area contributed by atoms with E-state index in [0.717, 1.165) is 44.4 Å². The number of carbonyl (C=O) groups excluding carboxylic acids is 1. The molecule has 1 aliphatic rings. The van der Waals surface area contributed by atoms with Crippen molar-refractivity contribution in [3.63, 3.8) is 0 Å². The Bertz CT molecular complexity index is 971. The number of aromatic nitrogens is 2. The van der Waals surface area contributed by atoms with E-state index >= 15 is 0 Å². The second-order valence-electron chi connectivity index (χ2n) is 7.20. The van der Waals surface area contributed by atoms with Crippen molar-refractivity contribution >= 4 is 32.8 Å². The first kappa shape index (κ1) is 15.5. The number of pyridine rings is 1. The van der Waals surface area contributed by atoms with Crippen LogP contribution in [0.15, 0.2) is 33.3 Å². The predicted octanol–water partition coefficient (Wildman–Crippen LogP) is 5.12. The number of benzene rings is 1. The fourth-order valence-corrected chi connectivity index (χ4v) is 3.81. The molecule has 2 heterocycles. The van der Waals surface area contributed by atoms with Crippen LogP contribution >= 0.6 is 15.9 Å². The molecule has 0 atom stereocenters.